The number of rotatable bonds is 3. The minimum atomic E-state index is -0.128. The van der Waals surface area contributed by atoms with Crippen molar-refractivity contribution in [3.8, 4) is 0 Å². The van der Waals surface area contributed by atoms with Gasteiger partial charge in [-0.15, -0.1) is 0 Å². The van der Waals surface area contributed by atoms with Crippen LogP contribution in [-0.2, 0) is 0 Å². The molecule has 0 N–H and O–H groups in total. The summed E-state index contributed by atoms with van der Waals surface area (Å²) >= 11 is 0. The van der Waals surface area contributed by atoms with E-state index >= 15 is 0 Å². The molecular weight excluding hydrogens is 330 g/mol. The highest BCUT2D eigenvalue weighted by molar-refractivity contribution is 5.96. The molecule has 0 spiro atoms. The molecule has 26 heavy (non-hydrogen) atoms. The lowest BCUT2D eigenvalue weighted by molar-refractivity contribution is 0.0531. The lowest BCUT2D eigenvalue weighted by Crippen LogP contribution is -2.50. The van der Waals surface area contributed by atoms with Crippen molar-refractivity contribution in [2.24, 2.45) is 0 Å². The van der Waals surface area contributed by atoms with E-state index in [1.165, 1.54) is 25.2 Å². The summed E-state index contributed by atoms with van der Waals surface area (Å²) in [5, 5.41) is 0. The van der Waals surface area contributed by atoms with Crippen molar-refractivity contribution < 1.29 is 9.59 Å². The Morgan fingerprint density at radius 2 is 1.65 bits per heavy atom. The topological polar surface area (TPSA) is 71.3 Å². The molecule has 7 heteroatoms. The van der Waals surface area contributed by atoms with E-state index < -0.39 is 0 Å². The molecule has 0 unspecified atom stereocenters. The van der Waals surface area contributed by atoms with Crippen LogP contribution in [0.4, 0.5) is 0 Å². The minimum Gasteiger partial charge on any atom is -0.345 e. The molecule has 2 fully saturated rings. The quantitative estimate of drug-likeness (QED) is 0.844. The summed E-state index contributed by atoms with van der Waals surface area (Å²) in [6.07, 6.45) is 6.95. The zero-order valence-electron chi connectivity index (χ0n) is 15.2. The standard InChI is InChI=1S/C19H23N5O2/c1-13-11-16(14(2)24(13)15-3-4-15)18(25)22-7-9-23(10-8-22)19(26)17-12-20-5-6-21-17/h5-6,11-12,15H,3-4,7-10H2,1-2H3. The van der Waals surface area contributed by atoms with Gasteiger partial charge in [0.25, 0.3) is 11.8 Å². The van der Waals surface area contributed by atoms with Crippen LogP contribution in [-0.4, -0.2) is 62.3 Å². The van der Waals surface area contributed by atoms with Gasteiger partial charge in [0.1, 0.15) is 5.69 Å². The molecule has 1 aliphatic carbocycles. The SMILES string of the molecule is Cc1cc(C(=O)N2CCN(C(=O)c3cnccn3)CC2)c(C)n1C1CC1. The molecule has 3 heterocycles. The number of amides is 2. The van der Waals surface area contributed by atoms with Crippen LogP contribution < -0.4 is 0 Å². The van der Waals surface area contributed by atoms with Gasteiger partial charge in [-0.1, -0.05) is 0 Å². The van der Waals surface area contributed by atoms with Crippen molar-refractivity contribution in [2.75, 3.05) is 26.2 Å². The molecule has 4 rings (SSSR count). The molecule has 1 aliphatic heterocycles. The largest absolute Gasteiger partial charge is 0.345 e. The number of hydrogen-bond donors (Lipinski definition) is 0. The first-order valence-corrected chi connectivity index (χ1v) is 9.09. The molecule has 7 nitrogen and oxygen atoms in total. The van der Waals surface area contributed by atoms with Crippen LogP contribution in [0.1, 0.15) is 51.1 Å². The van der Waals surface area contributed by atoms with Gasteiger partial charge in [0.15, 0.2) is 0 Å². The summed E-state index contributed by atoms with van der Waals surface area (Å²) in [4.78, 5) is 37.0. The van der Waals surface area contributed by atoms with Crippen LogP contribution in [0.3, 0.4) is 0 Å². The summed E-state index contributed by atoms with van der Waals surface area (Å²) in [6.45, 7) is 6.22. The van der Waals surface area contributed by atoms with E-state index in [-0.39, 0.29) is 11.8 Å². The van der Waals surface area contributed by atoms with E-state index in [0.717, 1.165) is 17.0 Å². The van der Waals surface area contributed by atoms with E-state index in [9.17, 15) is 9.59 Å². The van der Waals surface area contributed by atoms with Crippen LogP contribution >= 0.6 is 0 Å². The smallest absolute Gasteiger partial charge is 0.274 e. The van der Waals surface area contributed by atoms with Crippen LogP contribution in [0.2, 0.25) is 0 Å². The van der Waals surface area contributed by atoms with Gasteiger partial charge >= 0.3 is 0 Å². The minimum absolute atomic E-state index is 0.0663. The molecule has 0 atom stereocenters. The van der Waals surface area contributed by atoms with E-state index in [1.807, 2.05) is 17.9 Å². The van der Waals surface area contributed by atoms with Crippen molar-refractivity contribution in [3.05, 3.63) is 47.3 Å². The number of nitrogens with zero attached hydrogens (tertiary/aromatic N) is 5. The number of carbonyl (C=O) groups is 2. The van der Waals surface area contributed by atoms with Gasteiger partial charge in [0.2, 0.25) is 0 Å². The molecule has 2 aromatic heterocycles. The first-order valence-electron chi connectivity index (χ1n) is 9.09. The summed E-state index contributed by atoms with van der Waals surface area (Å²) in [6, 6.07) is 2.57. The number of carbonyl (C=O) groups excluding carboxylic acids is 2. The predicted octanol–water partition coefficient (Wildman–Crippen LogP) is 1.83. The Labute approximate surface area is 152 Å². The third-order valence-electron chi connectivity index (χ3n) is 5.26. The van der Waals surface area contributed by atoms with E-state index in [0.29, 0.717) is 37.9 Å². The third kappa shape index (κ3) is 2.98. The van der Waals surface area contributed by atoms with Crippen LogP contribution in [0.25, 0.3) is 0 Å². The van der Waals surface area contributed by atoms with Gasteiger partial charge in [0, 0.05) is 56.0 Å². The Kier molecular flexibility index (Phi) is 4.22. The molecule has 0 radical (unpaired) electrons. The van der Waals surface area contributed by atoms with Gasteiger partial charge in [0.05, 0.1) is 11.8 Å². The zero-order chi connectivity index (χ0) is 18.3. The van der Waals surface area contributed by atoms with Crippen LogP contribution in [0.5, 0.6) is 0 Å². The number of aromatic nitrogens is 3. The van der Waals surface area contributed by atoms with Crippen molar-refractivity contribution >= 4 is 11.8 Å². The number of aryl methyl sites for hydroxylation is 1. The second-order valence-corrected chi connectivity index (χ2v) is 7.06. The first kappa shape index (κ1) is 16.8. The fourth-order valence-electron chi connectivity index (χ4n) is 3.74. The molecule has 2 aliphatic rings. The molecule has 1 saturated heterocycles. The van der Waals surface area contributed by atoms with E-state index in [4.69, 9.17) is 0 Å². The predicted molar refractivity (Wildman–Crippen MR) is 96.0 cm³/mol. The molecular formula is C19H23N5O2. The fraction of sp³-hybridized carbons (Fsp3) is 0.474. The normalized spacial score (nSPS) is 17.5. The maximum Gasteiger partial charge on any atom is 0.274 e. The number of piperazine rings is 1. The third-order valence-corrected chi connectivity index (χ3v) is 5.26. The highest BCUT2D eigenvalue weighted by Gasteiger charge is 2.31. The second kappa shape index (κ2) is 6.55. The average Bonchev–Trinajstić information content (AvgIpc) is 3.46. The van der Waals surface area contributed by atoms with Crippen molar-refractivity contribution in [2.45, 2.75) is 32.7 Å². The molecule has 0 bridgehead atoms. The summed E-state index contributed by atoms with van der Waals surface area (Å²) < 4.78 is 2.29. The van der Waals surface area contributed by atoms with Gasteiger partial charge in [-0.25, -0.2) is 4.98 Å². The lowest BCUT2D eigenvalue weighted by Gasteiger charge is -2.34. The Balaban J connectivity index is 1.43. The van der Waals surface area contributed by atoms with Gasteiger partial charge < -0.3 is 14.4 Å². The molecule has 136 valence electrons. The van der Waals surface area contributed by atoms with Crippen LogP contribution in [0, 0.1) is 13.8 Å². The highest BCUT2D eigenvalue weighted by Crippen LogP contribution is 2.38. The Morgan fingerprint density at radius 3 is 2.23 bits per heavy atom. The Bertz CT molecular complexity index is 833. The Morgan fingerprint density at radius 1 is 1.00 bits per heavy atom. The fourth-order valence-corrected chi connectivity index (χ4v) is 3.74. The van der Waals surface area contributed by atoms with E-state index in [2.05, 4.69) is 21.5 Å². The molecule has 2 amide bonds. The van der Waals surface area contributed by atoms with Crippen molar-refractivity contribution in [1.29, 1.82) is 0 Å². The van der Waals surface area contributed by atoms with Crippen molar-refractivity contribution in [3.63, 3.8) is 0 Å². The summed E-state index contributed by atoms with van der Waals surface area (Å²) in [7, 11) is 0. The molecule has 1 saturated carbocycles. The van der Waals surface area contributed by atoms with Crippen molar-refractivity contribution in [1.82, 2.24) is 24.3 Å². The summed E-state index contributed by atoms with van der Waals surface area (Å²) in [5.74, 6) is -0.0614. The maximum atomic E-state index is 13.0. The average molecular weight is 353 g/mol. The second-order valence-electron chi connectivity index (χ2n) is 7.06. The van der Waals surface area contributed by atoms with Gasteiger partial charge in [-0.2, -0.15) is 0 Å². The first-order chi connectivity index (χ1) is 12.6. The van der Waals surface area contributed by atoms with Crippen LogP contribution in [0.15, 0.2) is 24.7 Å². The Hall–Kier alpha value is -2.70. The summed E-state index contributed by atoms with van der Waals surface area (Å²) in [5.41, 5.74) is 3.36. The zero-order valence-corrected chi connectivity index (χ0v) is 15.2. The van der Waals surface area contributed by atoms with Gasteiger partial charge in [-0.3, -0.25) is 14.6 Å². The number of hydrogen-bond acceptors (Lipinski definition) is 4. The van der Waals surface area contributed by atoms with E-state index in [1.54, 1.807) is 11.1 Å². The maximum absolute atomic E-state index is 13.0. The lowest BCUT2D eigenvalue weighted by atomic mass is 10.2. The highest BCUT2D eigenvalue weighted by atomic mass is 16.2. The van der Waals surface area contributed by atoms with Gasteiger partial charge in [-0.05, 0) is 32.8 Å². The molecule has 2 aromatic rings. The monoisotopic (exact) mass is 353 g/mol. The molecule has 0 aromatic carbocycles.